The van der Waals surface area contributed by atoms with E-state index < -0.39 is 11.8 Å². The second-order valence-corrected chi connectivity index (χ2v) is 5.71. The Morgan fingerprint density at radius 2 is 1.92 bits per heavy atom. The summed E-state index contributed by atoms with van der Waals surface area (Å²) in [5.41, 5.74) is 2.37. The monoisotopic (exact) mass is 346 g/mol. The van der Waals surface area contributed by atoms with Crippen molar-refractivity contribution in [1.29, 1.82) is 0 Å². The number of ether oxygens (including phenoxy) is 1. The van der Waals surface area contributed by atoms with E-state index >= 15 is 0 Å². The minimum absolute atomic E-state index is 0.360. The summed E-state index contributed by atoms with van der Waals surface area (Å²) in [4.78, 5) is 23.8. The Morgan fingerprint density at radius 3 is 2.62 bits per heavy atom. The van der Waals surface area contributed by atoms with Crippen molar-refractivity contribution >= 4 is 29.1 Å². The van der Waals surface area contributed by atoms with Gasteiger partial charge < -0.3 is 15.4 Å². The molecule has 0 bridgehead atoms. The molecule has 2 rings (SSSR count). The maximum absolute atomic E-state index is 11.9. The number of rotatable bonds is 5. The molecule has 2 aromatic rings. The van der Waals surface area contributed by atoms with Crippen molar-refractivity contribution in [3.8, 4) is 5.75 Å². The number of amides is 2. The minimum Gasteiger partial charge on any atom is -0.497 e. The highest BCUT2D eigenvalue weighted by Crippen LogP contribution is 2.19. The van der Waals surface area contributed by atoms with Crippen LogP contribution in [0.2, 0.25) is 5.02 Å². The fourth-order valence-corrected chi connectivity index (χ4v) is 2.40. The molecule has 0 fully saturated rings. The first kappa shape index (κ1) is 17.8. The van der Waals surface area contributed by atoms with Gasteiger partial charge in [-0.1, -0.05) is 23.7 Å². The van der Waals surface area contributed by atoms with Crippen LogP contribution >= 0.6 is 11.6 Å². The Hall–Kier alpha value is -2.53. The normalized spacial score (nSPS) is 10.1. The lowest BCUT2D eigenvalue weighted by atomic mass is 10.1. The zero-order valence-corrected chi connectivity index (χ0v) is 14.3. The molecule has 24 heavy (non-hydrogen) atoms. The van der Waals surface area contributed by atoms with E-state index in [4.69, 9.17) is 16.3 Å². The molecule has 0 aliphatic carbocycles. The zero-order valence-electron chi connectivity index (χ0n) is 13.6. The third-order valence-electron chi connectivity index (χ3n) is 3.48. The van der Waals surface area contributed by atoms with Gasteiger partial charge in [-0.25, -0.2) is 0 Å². The molecule has 6 heteroatoms. The molecule has 0 radical (unpaired) electrons. The van der Waals surface area contributed by atoms with E-state index in [1.807, 2.05) is 31.2 Å². The lowest BCUT2D eigenvalue weighted by Gasteiger charge is -2.09. The van der Waals surface area contributed by atoms with Gasteiger partial charge in [-0.3, -0.25) is 9.59 Å². The first-order chi connectivity index (χ1) is 11.5. The molecule has 126 valence electrons. The number of hydrogen-bond donors (Lipinski definition) is 2. The van der Waals surface area contributed by atoms with Crippen LogP contribution in [0.15, 0.2) is 42.5 Å². The van der Waals surface area contributed by atoms with Crippen molar-refractivity contribution in [2.75, 3.05) is 19.0 Å². The number of nitrogens with one attached hydrogen (secondary N) is 2. The van der Waals surface area contributed by atoms with Crippen molar-refractivity contribution in [1.82, 2.24) is 5.32 Å². The van der Waals surface area contributed by atoms with Gasteiger partial charge in [0.2, 0.25) is 0 Å². The molecular weight excluding hydrogens is 328 g/mol. The quantitative estimate of drug-likeness (QED) is 0.818. The van der Waals surface area contributed by atoms with E-state index in [2.05, 4.69) is 10.6 Å². The summed E-state index contributed by atoms with van der Waals surface area (Å²) in [6, 6.07) is 12.6. The summed E-state index contributed by atoms with van der Waals surface area (Å²) >= 11 is 5.86. The molecule has 2 amide bonds. The summed E-state index contributed by atoms with van der Waals surface area (Å²) in [5.74, 6) is -0.618. The van der Waals surface area contributed by atoms with Crippen LogP contribution in [0, 0.1) is 6.92 Å². The SMILES string of the molecule is COc1cccc(CCNC(=O)C(=O)Nc2ccc(Cl)cc2C)c1. The van der Waals surface area contributed by atoms with Crippen LogP contribution < -0.4 is 15.4 Å². The highest BCUT2D eigenvalue weighted by molar-refractivity contribution is 6.39. The van der Waals surface area contributed by atoms with E-state index in [0.717, 1.165) is 16.9 Å². The lowest BCUT2D eigenvalue weighted by Crippen LogP contribution is -2.36. The lowest BCUT2D eigenvalue weighted by molar-refractivity contribution is -0.136. The van der Waals surface area contributed by atoms with Crippen LogP contribution in [-0.4, -0.2) is 25.5 Å². The molecule has 0 heterocycles. The van der Waals surface area contributed by atoms with Crippen molar-refractivity contribution in [2.45, 2.75) is 13.3 Å². The molecule has 2 N–H and O–H groups in total. The Labute approximate surface area is 146 Å². The summed E-state index contributed by atoms with van der Waals surface area (Å²) in [6.45, 7) is 2.17. The maximum Gasteiger partial charge on any atom is 0.313 e. The van der Waals surface area contributed by atoms with Gasteiger partial charge >= 0.3 is 11.8 Å². The molecule has 0 aromatic heterocycles. The van der Waals surface area contributed by atoms with E-state index in [0.29, 0.717) is 23.7 Å². The number of methoxy groups -OCH3 is 1. The second kappa shape index (κ2) is 8.36. The van der Waals surface area contributed by atoms with Crippen molar-refractivity contribution in [2.24, 2.45) is 0 Å². The smallest absolute Gasteiger partial charge is 0.313 e. The molecule has 0 saturated heterocycles. The van der Waals surface area contributed by atoms with Crippen molar-refractivity contribution in [3.05, 3.63) is 58.6 Å². The van der Waals surface area contributed by atoms with Gasteiger partial charge in [0.1, 0.15) is 5.75 Å². The van der Waals surface area contributed by atoms with Gasteiger partial charge in [-0.15, -0.1) is 0 Å². The van der Waals surface area contributed by atoms with Crippen LogP contribution in [0.25, 0.3) is 0 Å². The van der Waals surface area contributed by atoms with E-state index in [1.54, 1.807) is 25.3 Å². The number of halogens is 1. The van der Waals surface area contributed by atoms with Crippen LogP contribution in [0.1, 0.15) is 11.1 Å². The maximum atomic E-state index is 11.9. The average Bonchev–Trinajstić information content (AvgIpc) is 2.57. The Bertz CT molecular complexity index is 747. The molecule has 0 spiro atoms. The highest BCUT2D eigenvalue weighted by atomic mass is 35.5. The fourth-order valence-electron chi connectivity index (χ4n) is 2.18. The first-order valence-corrected chi connectivity index (χ1v) is 7.85. The summed E-state index contributed by atoms with van der Waals surface area (Å²) < 4.78 is 5.15. The number of carbonyl (C=O) groups excluding carboxylic acids is 2. The molecule has 0 unspecified atom stereocenters. The second-order valence-electron chi connectivity index (χ2n) is 5.27. The molecule has 0 aliphatic rings. The summed E-state index contributed by atoms with van der Waals surface area (Å²) in [7, 11) is 1.60. The minimum atomic E-state index is -0.703. The van der Waals surface area contributed by atoms with E-state index in [-0.39, 0.29) is 0 Å². The zero-order chi connectivity index (χ0) is 17.5. The van der Waals surface area contributed by atoms with Gasteiger partial charge in [0.15, 0.2) is 0 Å². The molecule has 0 aliphatic heterocycles. The van der Waals surface area contributed by atoms with Crippen LogP contribution in [0.4, 0.5) is 5.69 Å². The summed E-state index contributed by atoms with van der Waals surface area (Å²) in [5, 5.41) is 5.75. The topological polar surface area (TPSA) is 67.4 Å². The average molecular weight is 347 g/mol. The summed E-state index contributed by atoms with van der Waals surface area (Å²) in [6.07, 6.45) is 0.607. The Balaban J connectivity index is 1.84. The third kappa shape index (κ3) is 4.99. The number of benzene rings is 2. The fraction of sp³-hybridized carbons (Fsp3) is 0.222. The molecule has 0 atom stereocenters. The van der Waals surface area contributed by atoms with Crippen molar-refractivity contribution in [3.63, 3.8) is 0 Å². The standard InChI is InChI=1S/C18H19ClN2O3/c1-12-10-14(19)6-7-16(12)21-18(23)17(22)20-9-8-13-4-3-5-15(11-13)24-2/h3-7,10-11H,8-9H2,1-2H3,(H,20,22)(H,21,23). The third-order valence-corrected chi connectivity index (χ3v) is 3.71. The molecule has 2 aromatic carbocycles. The van der Waals surface area contributed by atoms with Crippen LogP contribution in [-0.2, 0) is 16.0 Å². The van der Waals surface area contributed by atoms with Crippen LogP contribution in [0.3, 0.4) is 0 Å². The first-order valence-electron chi connectivity index (χ1n) is 7.48. The van der Waals surface area contributed by atoms with Gasteiger partial charge in [-0.2, -0.15) is 0 Å². The van der Waals surface area contributed by atoms with Gasteiger partial charge in [0.25, 0.3) is 0 Å². The predicted octanol–water partition coefficient (Wildman–Crippen LogP) is 2.95. The van der Waals surface area contributed by atoms with Gasteiger partial charge in [0.05, 0.1) is 7.11 Å². The Morgan fingerprint density at radius 1 is 1.12 bits per heavy atom. The molecule has 0 saturated carbocycles. The van der Waals surface area contributed by atoms with Gasteiger partial charge in [0, 0.05) is 17.3 Å². The number of carbonyl (C=O) groups is 2. The van der Waals surface area contributed by atoms with E-state index in [9.17, 15) is 9.59 Å². The molecule has 5 nitrogen and oxygen atoms in total. The number of aryl methyl sites for hydroxylation is 1. The van der Waals surface area contributed by atoms with Crippen LogP contribution in [0.5, 0.6) is 5.75 Å². The predicted molar refractivity (Wildman–Crippen MR) is 94.5 cm³/mol. The highest BCUT2D eigenvalue weighted by Gasteiger charge is 2.14. The van der Waals surface area contributed by atoms with Gasteiger partial charge in [-0.05, 0) is 54.8 Å². The largest absolute Gasteiger partial charge is 0.497 e. The number of anilines is 1. The Kier molecular flexibility index (Phi) is 6.21. The van der Waals surface area contributed by atoms with Crippen molar-refractivity contribution < 1.29 is 14.3 Å². The number of hydrogen-bond acceptors (Lipinski definition) is 3. The molecular formula is C18H19ClN2O3. The van der Waals surface area contributed by atoms with E-state index in [1.165, 1.54) is 0 Å².